The zero-order valence-corrected chi connectivity index (χ0v) is 11.1. The Balaban J connectivity index is 3.05. The molecule has 116 valence electrons. The fraction of sp³-hybridized carbons (Fsp3) is 0.333. The van der Waals surface area contributed by atoms with Crippen molar-refractivity contribution in [3.63, 3.8) is 0 Å². The van der Waals surface area contributed by atoms with Crippen molar-refractivity contribution in [1.29, 1.82) is 0 Å². The fourth-order valence-corrected chi connectivity index (χ4v) is 1.34. The Hall–Kier alpha value is -2.29. The second-order valence-electron chi connectivity index (χ2n) is 4.37. The predicted octanol–water partition coefficient (Wildman–Crippen LogP) is 1.61. The highest BCUT2D eigenvalue weighted by atomic mass is 19.4. The molecule has 4 N–H and O–H groups in total. The molecule has 0 aliphatic carbocycles. The van der Waals surface area contributed by atoms with E-state index in [1.165, 1.54) is 7.11 Å². The van der Waals surface area contributed by atoms with Gasteiger partial charge in [0.15, 0.2) is 5.54 Å². The SMILES string of the molecule is COc1cc(NC(=O)C(C)(N)C(F)(F)F)ccc1C(=O)O. The predicted molar refractivity (Wildman–Crippen MR) is 67.2 cm³/mol. The van der Waals surface area contributed by atoms with Crippen LogP contribution < -0.4 is 15.8 Å². The van der Waals surface area contributed by atoms with Gasteiger partial charge >= 0.3 is 12.1 Å². The summed E-state index contributed by atoms with van der Waals surface area (Å²) in [4.78, 5) is 22.5. The number of aromatic carboxylic acids is 1. The van der Waals surface area contributed by atoms with Gasteiger partial charge in [-0.05, 0) is 19.1 Å². The number of amides is 1. The van der Waals surface area contributed by atoms with Crippen molar-refractivity contribution in [1.82, 2.24) is 0 Å². The van der Waals surface area contributed by atoms with Crippen molar-refractivity contribution in [2.75, 3.05) is 12.4 Å². The minimum absolute atomic E-state index is 0.0669. The number of halogens is 3. The molecule has 1 unspecified atom stereocenters. The molecule has 0 bridgehead atoms. The molecule has 21 heavy (non-hydrogen) atoms. The van der Waals surface area contributed by atoms with E-state index in [4.69, 9.17) is 15.6 Å². The number of nitrogens with two attached hydrogens (primary N) is 1. The molecular formula is C12H13F3N2O4. The van der Waals surface area contributed by atoms with Crippen LogP contribution in [0.3, 0.4) is 0 Å². The zero-order chi connectivity index (χ0) is 16.4. The summed E-state index contributed by atoms with van der Waals surface area (Å²) in [7, 11) is 1.19. The highest BCUT2D eigenvalue weighted by molar-refractivity contribution is 5.99. The number of carboxylic acids is 1. The van der Waals surface area contributed by atoms with Crippen LogP contribution in [0.4, 0.5) is 18.9 Å². The maximum absolute atomic E-state index is 12.6. The van der Waals surface area contributed by atoms with E-state index in [0.29, 0.717) is 6.92 Å². The lowest BCUT2D eigenvalue weighted by Gasteiger charge is -2.26. The number of carbonyl (C=O) groups is 2. The van der Waals surface area contributed by atoms with Crippen molar-refractivity contribution < 1.29 is 32.6 Å². The molecule has 0 saturated heterocycles. The number of nitrogens with one attached hydrogen (secondary N) is 1. The van der Waals surface area contributed by atoms with Crippen molar-refractivity contribution in [2.24, 2.45) is 5.73 Å². The van der Waals surface area contributed by atoms with E-state index in [9.17, 15) is 22.8 Å². The maximum Gasteiger partial charge on any atom is 0.415 e. The molecular weight excluding hydrogens is 293 g/mol. The monoisotopic (exact) mass is 306 g/mol. The van der Waals surface area contributed by atoms with E-state index in [1.807, 2.05) is 5.32 Å². The van der Waals surface area contributed by atoms with Crippen LogP contribution in [0.1, 0.15) is 17.3 Å². The Morgan fingerprint density at radius 2 is 1.90 bits per heavy atom. The van der Waals surface area contributed by atoms with Crippen molar-refractivity contribution >= 4 is 17.6 Å². The first-order chi connectivity index (χ1) is 9.50. The Morgan fingerprint density at radius 3 is 2.33 bits per heavy atom. The van der Waals surface area contributed by atoms with Gasteiger partial charge in [-0.25, -0.2) is 4.79 Å². The van der Waals surface area contributed by atoms with E-state index >= 15 is 0 Å². The lowest BCUT2D eigenvalue weighted by Crippen LogP contribution is -2.59. The van der Waals surface area contributed by atoms with Gasteiger partial charge in [0.05, 0.1) is 7.11 Å². The van der Waals surface area contributed by atoms with E-state index < -0.39 is 23.6 Å². The number of rotatable bonds is 4. The largest absolute Gasteiger partial charge is 0.496 e. The minimum Gasteiger partial charge on any atom is -0.496 e. The summed E-state index contributed by atoms with van der Waals surface area (Å²) in [5.41, 5.74) is 1.63. The van der Waals surface area contributed by atoms with E-state index in [1.54, 1.807) is 0 Å². The number of methoxy groups -OCH3 is 1. The van der Waals surface area contributed by atoms with Crippen LogP contribution >= 0.6 is 0 Å². The van der Waals surface area contributed by atoms with Crippen LogP contribution in [0.15, 0.2) is 18.2 Å². The summed E-state index contributed by atoms with van der Waals surface area (Å²) in [5, 5.41) is 10.8. The van der Waals surface area contributed by atoms with Crippen LogP contribution in [-0.4, -0.2) is 35.8 Å². The lowest BCUT2D eigenvalue weighted by molar-refractivity contribution is -0.184. The quantitative estimate of drug-likeness (QED) is 0.784. The molecule has 0 radical (unpaired) electrons. The summed E-state index contributed by atoms with van der Waals surface area (Å²) in [6.45, 7) is 0.533. The van der Waals surface area contributed by atoms with E-state index in [-0.39, 0.29) is 17.0 Å². The Morgan fingerprint density at radius 1 is 1.33 bits per heavy atom. The van der Waals surface area contributed by atoms with Crippen molar-refractivity contribution in [2.45, 2.75) is 18.6 Å². The molecule has 0 saturated carbocycles. The highest BCUT2D eigenvalue weighted by Crippen LogP contribution is 2.30. The van der Waals surface area contributed by atoms with E-state index in [2.05, 4.69) is 0 Å². The van der Waals surface area contributed by atoms with Crippen LogP contribution in [0.25, 0.3) is 0 Å². The molecule has 6 nitrogen and oxygen atoms in total. The van der Waals surface area contributed by atoms with Gasteiger partial charge in [0, 0.05) is 11.8 Å². The molecule has 0 heterocycles. The Kier molecular flexibility index (Phi) is 4.47. The van der Waals surface area contributed by atoms with Gasteiger partial charge in [-0.1, -0.05) is 0 Å². The molecule has 0 spiro atoms. The average molecular weight is 306 g/mol. The molecule has 0 aliphatic heterocycles. The first-order valence-electron chi connectivity index (χ1n) is 5.59. The third-order valence-corrected chi connectivity index (χ3v) is 2.75. The van der Waals surface area contributed by atoms with Gasteiger partial charge in [-0.15, -0.1) is 0 Å². The molecule has 0 aromatic heterocycles. The van der Waals surface area contributed by atoms with Crippen molar-refractivity contribution in [3.8, 4) is 5.75 Å². The molecule has 1 rings (SSSR count). The summed E-state index contributed by atoms with van der Waals surface area (Å²) >= 11 is 0. The second kappa shape index (κ2) is 5.60. The first-order valence-corrected chi connectivity index (χ1v) is 5.59. The highest BCUT2D eigenvalue weighted by Gasteiger charge is 2.54. The summed E-state index contributed by atoms with van der Waals surface area (Å²) in [6, 6.07) is 3.32. The average Bonchev–Trinajstić information content (AvgIpc) is 2.36. The lowest BCUT2D eigenvalue weighted by atomic mass is 10.0. The van der Waals surface area contributed by atoms with E-state index in [0.717, 1.165) is 18.2 Å². The van der Waals surface area contributed by atoms with Gasteiger partial charge in [0.25, 0.3) is 5.91 Å². The number of benzene rings is 1. The molecule has 1 atom stereocenters. The fourth-order valence-electron chi connectivity index (χ4n) is 1.34. The van der Waals surface area contributed by atoms with Crippen LogP contribution in [0.5, 0.6) is 5.75 Å². The number of ether oxygens (including phenoxy) is 1. The van der Waals surface area contributed by atoms with Gasteiger partial charge in [-0.3, -0.25) is 4.79 Å². The number of hydrogen-bond acceptors (Lipinski definition) is 4. The maximum atomic E-state index is 12.6. The number of alkyl halides is 3. The smallest absolute Gasteiger partial charge is 0.415 e. The molecule has 9 heteroatoms. The third-order valence-electron chi connectivity index (χ3n) is 2.75. The Bertz CT molecular complexity index is 570. The topological polar surface area (TPSA) is 102 Å². The molecule has 1 aromatic rings. The van der Waals surface area contributed by atoms with Gasteiger partial charge < -0.3 is 20.9 Å². The molecule has 1 amide bonds. The number of carboxylic acid groups (broad SMARTS) is 1. The van der Waals surface area contributed by atoms with Crippen LogP contribution in [0, 0.1) is 0 Å². The standard InChI is InChI=1S/C12H13F3N2O4/c1-11(16,12(13,14)15)10(20)17-6-3-4-7(9(18)19)8(5-6)21-2/h3-5H,16H2,1-2H3,(H,17,20)(H,18,19). The second-order valence-corrected chi connectivity index (χ2v) is 4.37. The van der Waals surface area contributed by atoms with Gasteiger partial charge in [0.1, 0.15) is 11.3 Å². The number of hydrogen-bond donors (Lipinski definition) is 3. The molecule has 0 fully saturated rings. The zero-order valence-electron chi connectivity index (χ0n) is 11.1. The summed E-state index contributed by atoms with van der Waals surface area (Å²) < 4.78 is 42.6. The van der Waals surface area contributed by atoms with Crippen molar-refractivity contribution in [3.05, 3.63) is 23.8 Å². The first kappa shape index (κ1) is 16.8. The van der Waals surface area contributed by atoms with Crippen LogP contribution in [-0.2, 0) is 4.79 Å². The van der Waals surface area contributed by atoms with Gasteiger partial charge in [0.2, 0.25) is 0 Å². The Labute approximate surface area is 117 Å². The third kappa shape index (κ3) is 3.43. The normalized spacial score (nSPS) is 14.2. The number of carbonyl (C=O) groups excluding carboxylic acids is 1. The van der Waals surface area contributed by atoms with Crippen LogP contribution in [0.2, 0.25) is 0 Å². The summed E-state index contributed by atoms with van der Waals surface area (Å²) in [5.74, 6) is -2.85. The summed E-state index contributed by atoms with van der Waals surface area (Å²) in [6.07, 6.45) is -4.93. The minimum atomic E-state index is -4.93. The van der Waals surface area contributed by atoms with Gasteiger partial charge in [-0.2, -0.15) is 13.2 Å². The molecule has 1 aromatic carbocycles. The number of anilines is 1. The molecule has 0 aliphatic rings.